The van der Waals surface area contributed by atoms with Crippen molar-refractivity contribution in [1.82, 2.24) is 5.01 Å². The second-order valence-corrected chi connectivity index (χ2v) is 6.82. The van der Waals surface area contributed by atoms with E-state index in [1.807, 2.05) is 43.4 Å². The summed E-state index contributed by atoms with van der Waals surface area (Å²) in [5.74, 6) is 0. The highest BCUT2D eigenvalue weighted by Gasteiger charge is 2.54. The Balaban J connectivity index is 1.88. The van der Waals surface area contributed by atoms with Gasteiger partial charge in [-0.05, 0) is 17.2 Å². The zero-order chi connectivity index (χ0) is 17.6. The van der Waals surface area contributed by atoms with Crippen LogP contribution in [0, 0.1) is 0 Å². The molecule has 2 aliphatic heterocycles. The molecule has 0 unspecified atom stereocenters. The zero-order valence-electron chi connectivity index (χ0n) is 14.6. The molecule has 2 aromatic carbocycles. The van der Waals surface area contributed by atoms with Crippen molar-refractivity contribution in [2.75, 3.05) is 19.1 Å². The minimum absolute atomic E-state index is 0.204. The maximum absolute atomic E-state index is 12.5. The van der Waals surface area contributed by atoms with Crippen molar-refractivity contribution in [1.29, 1.82) is 0 Å². The van der Waals surface area contributed by atoms with Crippen LogP contribution in [-0.2, 0) is 10.2 Å². The first-order chi connectivity index (χ1) is 12.1. The van der Waals surface area contributed by atoms with Crippen molar-refractivity contribution in [3.8, 4) is 0 Å². The lowest BCUT2D eigenvalue weighted by Crippen LogP contribution is -2.57. The van der Waals surface area contributed by atoms with Crippen molar-refractivity contribution in [3.63, 3.8) is 0 Å². The lowest BCUT2D eigenvalue weighted by molar-refractivity contribution is 0.0825. The molecule has 2 aromatic rings. The molecule has 1 amide bonds. The van der Waals surface area contributed by atoms with E-state index in [0.717, 1.165) is 23.4 Å². The van der Waals surface area contributed by atoms with Crippen LogP contribution in [0.3, 0.4) is 0 Å². The molecule has 0 radical (unpaired) electrons. The molecule has 0 aliphatic carbocycles. The summed E-state index contributed by atoms with van der Waals surface area (Å²) in [4.78, 5) is 14.6. The highest BCUT2D eigenvalue weighted by Crippen LogP contribution is 2.50. The third-order valence-corrected chi connectivity index (χ3v) is 5.30. The zero-order valence-corrected chi connectivity index (χ0v) is 14.6. The normalized spacial score (nSPS) is 24.4. The number of nitrogens with zero attached hydrogens (tertiary/aromatic N) is 3. The molecule has 0 bridgehead atoms. The fourth-order valence-corrected chi connectivity index (χ4v) is 4.18. The topological polar surface area (TPSA) is 45.1 Å². The van der Waals surface area contributed by atoms with E-state index >= 15 is 0 Å². The Labute approximate surface area is 147 Å². The molecule has 0 saturated carbocycles. The Bertz CT molecular complexity index is 849. The van der Waals surface area contributed by atoms with Gasteiger partial charge in [0.2, 0.25) is 0 Å². The summed E-state index contributed by atoms with van der Waals surface area (Å²) in [5.41, 5.74) is 4.04. The van der Waals surface area contributed by atoms with Crippen LogP contribution in [0.2, 0.25) is 0 Å². The molecule has 4 rings (SSSR count). The molecule has 0 aromatic heterocycles. The van der Waals surface area contributed by atoms with Crippen molar-refractivity contribution in [3.05, 3.63) is 65.7 Å². The van der Waals surface area contributed by atoms with Crippen LogP contribution in [0.25, 0.3) is 0 Å². The van der Waals surface area contributed by atoms with Crippen molar-refractivity contribution in [2.45, 2.75) is 24.9 Å². The molecule has 0 spiro atoms. The van der Waals surface area contributed by atoms with Crippen LogP contribution in [0.5, 0.6) is 0 Å². The number of benzene rings is 2. The summed E-state index contributed by atoms with van der Waals surface area (Å²) < 4.78 is 5.03. The molecule has 0 fully saturated rings. The van der Waals surface area contributed by atoms with Gasteiger partial charge in [-0.25, -0.2) is 4.79 Å². The van der Waals surface area contributed by atoms with E-state index in [1.165, 1.54) is 17.7 Å². The lowest BCUT2D eigenvalue weighted by Gasteiger charge is -2.43. The summed E-state index contributed by atoms with van der Waals surface area (Å²) in [5, 5.41) is 6.17. The average Bonchev–Trinajstić information content (AvgIpc) is 2.89. The molecular formula is C20H21N3O2. The van der Waals surface area contributed by atoms with Crippen LogP contribution in [0.4, 0.5) is 10.5 Å². The number of anilines is 1. The first-order valence-corrected chi connectivity index (χ1v) is 8.38. The molecule has 5 heteroatoms. The summed E-state index contributed by atoms with van der Waals surface area (Å²) >= 11 is 0. The molecule has 128 valence electrons. The summed E-state index contributed by atoms with van der Waals surface area (Å²) in [6, 6.07) is 18.3. The minimum atomic E-state index is -0.441. The lowest BCUT2D eigenvalue weighted by atomic mass is 9.75. The summed E-state index contributed by atoms with van der Waals surface area (Å²) in [6.45, 7) is 2.20. The number of likely N-dealkylation sites (N-methyl/N-ethyl adjacent to an activating group) is 1. The molecule has 0 saturated heterocycles. The Morgan fingerprint density at radius 2 is 1.84 bits per heavy atom. The van der Waals surface area contributed by atoms with Gasteiger partial charge >= 0.3 is 6.09 Å². The van der Waals surface area contributed by atoms with E-state index in [0.29, 0.717) is 0 Å². The number of amides is 1. The first kappa shape index (κ1) is 15.7. The van der Waals surface area contributed by atoms with Crippen LogP contribution in [0.15, 0.2) is 59.7 Å². The van der Waals surface area contributed by atoms with E-state index in [1.54, 1.807) is 0 Å². The van der Waals surface area contributed by atoms with Crippen LogP contribution in [-0.4, -0.2) is 37.1 Å². The Kier molecular flexibility index (Phi) is 3.53. The first-order valence-electron chi connectivity index (χ1n) is 8.38. The second kappa shape index (κ2) is 5.62. The highest BCUT2D eigenvalue weighted by molar-refractivity contribution is 6.03. The number of ether oxygens (including phenoxy) is 1. The number of para-hydroxylation sites is 1. The van der Waals surface area contributed by atoms with E-state index in [-0.39, 0.29) is 11.6 Å². The quantitative estimate of drug-likeness (QED) is 0.800. The fraction of sp³-hybridized carbons (Fsp3) is 0.300. The number of carbonyl (C=O) groups excluding carboxylic acids is 1. The van der Waals surface area contributed by atoms with Crippen molar-refractivity contribution >= 4 is 17.5 Å². The van der Waals surface area contributed by atoms with Crippen molar-refractivity contribution < 1.29 is 9.53 Å². The van der Waals surface area contributed by atoms with E-state index < -0.39 is 6.09 Å². The molecular weight excluding hydrogens is 314 g/mol. The van der Waals surface area contributed by atoms with E-state index in [2.05, 4.69) is 35.1 Å². The Morgan fingerprint density at radius 3 is 2.56 bits per heavy atom. The molecule has 2 heterocycles. The van der Waals surface area contributed by atoms with Crippen molar-refractivity contribution in [2.24, 2.45) is 5.10 Å². The van der Waals surface area contributed by atoms with Gasteiger partial charge in [0.15, 0.2) is 0 Å². The number of methoxy groups -OCH3 is 1. The SMILES string of the molecule is COC(=O)N1N=C(c2ccccc2)C[C@]2(C)c3ccccc3N(C)[C@H]12. The maximum Gasteiger partial charge on any atom is 0.432 e. The number of hydrogen-bond donors (Lipinski definition) is 0. The Hall–Kier alpha value is -2.82. The average molecular weight is 335 g/mol. The number of hydrazone groups is 1. The number of carbonyl (C=O) groups is 1. The third-order valence-electron chi connectivity index (χ3n) is 5.30. The maximum atomic E-state index is 12.5. The van der Waals surface area contributed by atoms with Gasteiger partial charge in [-0.15, -0.1) is 0 Å². The summed E-state index contributed by atoms with van der Waals surface area (Å²) in [6.07, 6.45) is 0.116. The molecule has 0 N–H and O–H groups in total. The van der Waals surface area contributed by atoms with E-state index in [4.69, 9.17) is 4.74 Å². The minimum Gasteiger partial charge on any atom is -0.451 e. The van der Waals surface area contributed by atoms with Gasteiger partial charge in [0.05, 0.1) is 12.8 Å². The number of hydrogen-bond acceptors (Lipinski definition) is 4. The van der Waals surface area contributed by atoms with Gasteiger partial charge in [-0.3, -0.25) is 0 Å². The Morgan fingerprint density at radius 1 is 1.16 bits per heavy atom. The van der Waals surface area contributed by atoms with E-state index in [9.17, 15) is 4.79 Å². The van der Waals surface area contributed by atoms with Gasteiger partial charge in [0.1, 0.15) is 6.17 Å². The van der Waals surface area contributed by atoms with Crippen LogP contribution in [0.1, 0.15) is 24.5 Å². The van der Waals surface area contributed by atoms with Gasteiger partial charge in [0.25, 0.3) is 0 Å². The molecule has 5 nitrogen and oxygen atoms in total. The van der Waals surface area contributed by atoms with Crippen LogP contribution >= 0.6 is 0 Å². The fourth-order valence-electron chi connectivity index (χ4n) is 4.18. The molecule has 2 aliphatic rings. The standard InChI is InChI=1S/C20H21N3O2/c1-20-13-16(14-9-5-4-6-10-14)21-23(19(24)25-3)18(20)22(2)17-12-8-7-11-15(17)20/h4-12,18H,13H2,1-3H3/t18-,20-/m1/s1. The van der Waals surface area contributed by atoms with Gasteiger partial charge < -0.3 is 9.64 Å². The van der Waals surface area contributed by atoms with Gasteiger partial charge in [0, 0.05) is 24.6 Å². The highest BCUT2D eigenvalue weighted by atomic mass is 16.5. The molecule has 2 atom stereocenters. The number of fused-ring (bicyclic) bond motifs is 3. The van der Waals surface area contributed by atoms with Crippen LogP contribution < -0.4 is 4.90 Å². The monoisotopic (exact) mass is 335 g/mol. The molecule has 25 heavy (non-hydrogen) atoms. The smallest absolute Gasteiger partial charge is 0.432 e. The predicted octanol–water partition coefficient (Wildman–Crippen LogP) is 3.60. The largest absolute Gasteiger partial charge is 0.451 e. The van der Waals surface area contributed by atoms with Gasteiger partial charge in [-0.1, -0.05) is 55.5 Å². The number of rotatable bonds is 1. The third kappa shape index (κ3) is 2.22. The second-order valence-electron chi connectivity index (χ2n) is 6.82. The predicted molar refractivity (Wildman–Crippen MR) is 97.8 cm³/mol. The van der Waals surface area contributed by atoms with Gasteiger partial charge in [-0.2, -0.15) is 10.1 Å². The summed E-state index contributed by atoms with van der Waals surface area (Å²) in [7, 11) is 3.40.